The number of methoxy groups -OCH3 is 1. The molecule has 4 aromatic carbocycles. The van der Waals surface area contributed by atoms with Crippen LogP contribution in [0.4, 0.5) is 11.4 Å². The number of aliphatic imine (C=N–C) groups is 1. The fraction of sp³-hybridized carbons (Fsp3) is 0.229. The molecule has 0 saturated carbocycles. The van der Waals surface area contributed by atoms with Gasteiger partial charge in [-0.15, -0.1) is 0 Å². The van der Waals surface area contributed by atoms with E-state index in [0.717, 1.165) is 29.0 Å². The van der Waals surface area contributed by atoms with Gasteiger partial charge in [-0.2, -0.15) is 0 Å². The van der Waals surface area contributed by atoms with Crippen LogP contribution in [-0.2, 0) is 6.61 Å². The molecule has 1 heterocycles. The molecule has 4 aromatic rings. The van der Waals surface area contributed by atoms with Crippen molar-refractivity contribution in [2.45, 2.75) is 38.8 Å². The molecular formula is C35H34N2O2. The van der Waals surface area contributed by atoms with E-state index < -0.39 is 0 Å². The van der Waals surface area contributed by atoms with Crippen LogP contribution in [0.25, 0.3) is 0 Å². The number of allylic oxidation sites excluding steroid dienone is 2. The molecule has 1 aliphatic carbocycles. The van der Waals surface area contributed by atoms with E-state index in [2.05, 4.69) is 98.0 Å². The van der Waals surface area contributed by atoms with E-state index in [1.807, 2.05) is 24.4 Å². The van der Waals surface area contributed by atoms with Gasteiger partial charge in [-0.25, -0.2) is 0 Å². The first-order valence-electron chi connectivity index (χ1n) is 13.6. The zero-order chi connectivity index (χ0) is 26.8. The van der Waals surface area contributed by atoms with E-state index in [9.17, 15) is 0 Å². The molecule has 0 amide bonds. The predicted molar refractivity (Wildman–Crippen MR) is 160 cm³/mol. The standard InChI is InChI=1S/C35H34N2O2/c1-23-7-10-25(11-8-23)22-39-33-18-12-26(20-34(33)38-3)21-36-28-15-13-27(14-16-28)35-30-6-4-5-29(30)31-19-24(2)9-17-32(31)37-35/h4-5,7-21,29-30,35,37H,6,22H2,1-3H3/t29-,30-,35+/m1/s1. The second-order valence-corrected chi connectivity index (χ2v) is 10.6. The van der Waals surface area contributed by atoms with Crippen LogP contribution in [0.1, 0.15) is 51.8 Å². The van der Waals surface area contributed by atoms with Gasteiger partial charge < -0.3 is 14.8 Å². The van der Waals surface area contributed by atoms with Gasteiger partial charge in [-0.1, -0.05) is 71.8 Å². The van der Waals surface area contributed by atoms with Gasteiger partial charge in [0.05, 0.1) is 18.8 Å². The quantitative estimate of drug-likeness (QED) is 0.199. The molecule has 1 aliphatic heterocycles. The van der Waals surface area contributed by atoms with Crippen molar-refractivity contribution in [1.82, 2.24) is 0 Å². The van der Waals surface area contributed by atoms with Crippen molar-refractivity contribution in [2.75, 3.05) is 12.4 Å². The molecule has 0 bridgehead atoms. The minimum absolute atomic E-state index is 0.287. The number of fused-ring (bicyclic) bond motifs is 3. The van der Waals surface area contributed by atoms with Gasteiger partial charge in [0, 0.05) is 17.8 Å². The van der Waals surface area contributed by atoms with Gasteiger partial charge in [-0.05, 0) is 84.8 Å². The first-order valence-corrected chi connectivity index (χ1v) is 13.6. The van der Waals surface area contributed by atoms with Crippen LogP contribution in [-0.4, -0.2) is 13.3 Å². The number of rotatable bonds is 7. The van der Waals surface area contributed by atoms with E-state index in [1.54, 1.807) is 7.11 Å². The second kappa shape index (κ2) is 10.8. The smallest absolute Gasteiger partial charge is 0.161 e. The summed E-state index contributed by atoms with van der Waals surface area (Å²) in [5, 5.41) is 3.83. The Balaban J connectivity index is 1.14. The summed E-state index contributed by atoms with van der Waals surface area (Å²) in [7, 11) is 1.66. The number of nitrogens with one attached hydrogen (secondary N) is 1. The average molecular weight is 515 g/mol. The molecule has 4 heteroatoms. The van der Waals surface area contributed by atoms with E-state index in [4.69, 9.17) is 14.5 Å². The lowest BCUT2D eigenvalue weighted by molar-refractivity contribution is 0.284. The maximum Gasteiger partial charge on any atom is 0.161 e. The van der Waals surface area contributed by atoms with Gasteiger partial charge in [-0.3, -0.25) is 4.99 Å². The number of nitrogens with zero attached hydrogens (tertiary/aromatic N) is 1. The molecule has 4 nitrogen and oxygen atoms in total. The first-order chi connectivity index (χ1) is 19.1. The van der Waals surface area contributed by atoms with E-state index >= 15 is 0 Å². The van der Waals surface area contributed by atoms with Crippen LogP contribution in [0.2, 0.25) is 0 Å². The number of ether oxygens (including phenoxy) is 2. The van der Waals surface area contributed by atoms with Crippen LogP contribution < -0.4 is 14.8 Å². The Kier molecular flexibility index (Phi) is 6.93. The lowest BCUT2D eigenvalue weighted by atomic mass is 9.76. The molecule has 0 radical (unpaired) electrons. The lowest BCUT2D eigenvalue weighted by Crippen LogP contribution is -2.29. The van der Waals surface area contributed by atoms with Crippen LogP contribution in [0.5, 0.6) is 11.5 Å². The lowest BCUT2D eigenvalue weighted by Gasteiger charge is -2.37. The van der Waals surface area contributed by atoms with Gasteiger partial charge in [0.2, 0.25) is 0 Å². The number of hydrogen-bond acceptors (Lipinski definition) is 4. The van der Waals surface area contributed by atoms with Crippen molar-refractivity contribution in [2.24, 2.45) is 10.9 Å². The summed E-state index contributed by atoms with van der Waals surface area (Å²) in [6.45, 7) is 4.75. The van der Waals surface area contributed by atoms with E-state index in [1.165, 1.54) is 27.9 Å². The van der Waals surface area contributed by atoms with Crippen molar-refractivity contribution >= 4 is 17.6 Å². The molecule has 0 saturated heterocycles. The Morgan fingerprint density at radius 2 is 1.67 bits per heavy atom. The third kappa shape index (κ3) is 5.33. The first kappa shape index (κ1) is 25.0. The fourth-order valence-corrected chi connectivity index (χ4v) is 5.69. The summed E-state index contributed by atoms with van der Waals surface area (Å²) in [4.78, 5) is 4.73. The number of hydrogen-bond donors (Lipinski definition) is 1. The summed E-state index contributed by atoms with van der Waals surface area (Å²) >= 11 is 0. The minimum atomic E-state index is 0.287. The largest absolute Gasteiger partial charge is 0.493 e. The highest BCUT2D eigenvalue weighted by atomic mass is 16.5. The molecule has 0 fully saturated rings. The SMILES string of the molecule is COc1cc(C=Nc2ccc([C@@H]3Nc4ccc(C)cc4[C@@H]4C=CC[C@H]43)cc2)ccc1OCc1ccc(C)cc1. The minimum Gasteiger partial charge on any atom is -0.493 e. The van der Waals surface area contributed by atoms with Gasteiger partial charge >= 0.3 is 0 Å². The fourth-order valence-electron chi connectivity index (χ4n) is 5.69. The summed E-state index contributed by atoms with van der Waals surface area (Å²) < 4.78 is 11.6. The predicted octanol–water partition coefficient (Wildman–Crippen LogP) is 8.47. The van der Waals surface area contributed by atoms with Crippen LogP contribution >= 0.6 is 0 Å². The summed E-state index contributed by atoms with van der Waals surface area (Å²) in [6, 6.07) is 29.9. The molecule has 0 aromatic heterocycles. The van der Waals surface area contributed by atoms with E-state index in [0.29, 0.717) is 24.2 Å². The number of anilines is 1. The topological polar surface area (TPSA) is 42.8 Å². The molecule has 1 N–H and O–H groups in total. The molecule has 2 aliphatic rings. The van der Waals surface area contributed by atoms with Crippen LogP contribution in [0.3, 0.4) is 0 Å². The summed E-state index contributed by atoms with van der Waals surface area (Å²) in [5.41, 5.74) is 9.53. The zero-order valence-electron chi connectivity index (χ0n) is 22.7. The molecule has 0 spiro atoms. The van der Waals surface area contributed by atoms with Gasteiger partial charge in [0.15, 0.2) is 11.5 Å². The molecule has 6 rings (SSSR count). The highest BCUT2D eigenvalue weighted by molar-refractivity contribution is 5.83. The Morgan fingerprint density at radius 3 is 2.46 bits per heavy atom. The molecule has 0 unspecified atom stereocenters. The van der Waals surface area contributed by atoms with Crippen molar-refractivity contribution in [1.29, 1.82) is 0 Å². The molecule has 39 heavy (non-hydrogen) atoms. The van der Waals surface area contributed by atoms with Crippen molar-refractivity contribution in [3.05, 3.63) is 130 Å². The van der Waals surface area contributed by atoms with Crippen LogP contribution in [0, 0.1) is 19.8 Å². The third-order valence-corrected chi connectivity index (χ3v) is 7.84. The number of benzene rings is 4. The van der Waals surface area contributed by atoms with Crippen molar-refractivity contribution in [3.63, 3.8) is 0 Å². The van der Waals surface area contributed by atoms with Crippen molar-refractivity contribution < 1.29 is 9.47 Å². The van der Waals surface area contributed by atoms with Gasteiger partial charge in [0.25, 0.3) is 0 Å². The highest BCUT2D eigenvalue weighted by Crippen LogP contribution is 2.50. The number of aryl methyl sites for hydroxylation is 2. The average Bonchev–Trinajstić information content (AvgIpc) is 3.46. The Hall–Kier alpha value is -4.31. The summed E-state index contributed by atoms with van der Waals surface area (Å²) in [5.74, 6) is 2.42. The third-order valence-electron chi connectivity index (χ3n) is 7.84. The van der Waals surface area contributed by atoms with Gasteiger partial charge in [0.1, 0.15) is 6.61 Å². The maximum absolute atomic E-state index is 6.02. The van der Waals surface area contributed by atoms with E-state index in [-0.39, 0.29) is 6.04 Å². The molecule has 3 atom stereocenters. The normalized spacial score (nSPS) is 19.4. The second-order valence-electron chi connectivity index (χ2n) is 10.6. The monoisotopic (exact) mass is 514 g/mol. The molecule has 196 valence electrons. The Labute approximate surface area is 231 Å². The highest BCUT2D eigenvalue weighted by Gasteiger charge is 2.37. The van der Waals surface area contributed by atoms with Crippen LogP contribution in [0.15, 0.2) is 102 Å². The molecular weight excluding hydrogens is 480 g/mol. The Bertz CT molecular complexity index is 1520. The Morgan fingerprint density at radius 1 is 0.872 bits per heavy atom. The zero-order valence-corrected chi connectivity index (χ0v) is 22.7. The summed E-state index contributed by atoms with van der Waals surface area (Å²) in [6.07, 6.45) is 7.70. The maximum atomic E-state index is 6.02. The van der Waals surface area contributed by atoms with Crippen molar-refractivity contribution in [3.8, 4) is 11.5 Å².